The third-order valence-corrected chi connectivity index (χ3v) is 15.5. The van der Waals surface area contributed by atoms with Crippen molar-refractivity contribution in [3.8, 4) is 33.9 Å². The van der Waals surface area contributed by atoms with E-state index in [0.717, 1.165) is 11.1 Å². The summed E-state index contributed by atoms with van der Waals surface area (Å²) in [5.74, 6) is 0.352. The van der Waals surface area contributed by atoms with Crippen LogP contribution in [0.2, 0.25) is 0 Å². The second-order valence-electron chi connectivity index (χ2n) is 12.4. The van der Waals surface area contributed by atoms with Crippen molar-refractivity contribution < 1.29 is 9.13 Å². The summed E-state index contributed by atoms with van der Waals surface area (Å²) in [7, 11) is -7.27. The average molecular weight is 709 g/mol. The fourth-order valence-electron chi connectivity index (χ4n) is 6.76. The summed E-state index contributed by atoms with van der Waals surface area (Å²) in [5.41, 5.74) is 3.73. The molecule has 6 heteroatoms. The Morgan fingerprint density at radius 1 is 0.327 bits per heavy atom. The minimum absolute atomic E-state index is 0.352. The van der Waals surface area contributed by atoms with E-state index in [1.807, 2.05) is 206 Å². The van der Waals surface area contributed by atoms with Crippen LogP contribution >= 0.6 is 14.3 Å². The monoisotopic (exact) mass is 708 g/mol. The zero-order valence-corrected chi connectivity index (χ0v) is 30.0. The normalized spacial score (nSPS) is 11.6. The van der Waals surface area contributed by atoms with Crippen LogP contribution in [0.1, 0.15) is 0 Å². The van der Waals surface area contributed by atoms with E-state index in [1.165, 1.54) is 0 Å². The zero-order valence-electron chi connectivity index (χ0n) is 28.2. The molecule has 0 radical (unpaired) electrons. The average Bonchev–Trinajstić information content (AvgIpc) is 3.24. The summed E-state index contributed by atoms with van der Waals surface area (Å²) in [6.07, 6.45) is 0. The molecule has 0 aliphatic heterocycles. The molecule has 8 rings (SSSR count). The molecule has 0 unspecified atom stereocenters. The highest BCUT2D eigenvalue weighted by molar-refractivity contribution is 7.87. The lowest BCUT2D eigenvalue weighted by Crippen LogP contribution is -2.33. The number of hydrogen-bond donors (Lipinski definition) is 0. The lowest BCUT2D eigenvalue weighted by atomic mass is 10.1. The summed E-state index contributed by atoms with van der Waals surface area (Å²) < 4.78 is 32.7. The van der Waals surface area contributed by atoms with Crippen LogP contribution in [0.3, 0.4) is 0 Å². The first-order chi connectivity index (χ1) is 25.6. The molecule has 7 aromatic carbocycles. The van der Waals surface area contributed by atoms with Crippen LogP contribution in [0.15, 0.2) is 206 Å². The van der Waals surface area contributed by atoms with Crippen LogP contribution in [0.25, 0.3) is 33.9 Å². The molecule has 8 aromatic rings. The van der Waals surface area contributed by atoms with Gasteiger partial charge in [0.15, 0.2) is 20.1 Å². The first-order valence-corrected chi connectivity index (χ1v) is 20.6. The Bertz CT molecular complexity index is 2290. The Labute approximate surface area is 304 Å². The van der Waals surface area contributed by atoms with Gasteiger partial charge in [-0.25, -0.2) is 9.97 Å². The van der Waals surface area contributed by atoms with Gasteiger partial charge in [0.05, 0.1) is 11.4 Å². The highest BCUT2D eigenvalue weighted by Gasteiger charge is 2.39. The molecule has 4 nitrogen and oxygen atoms in total. The van der Waals surface area contributed by atoms with E-state index < -0.39 is 14.3 Å². The van der Waals surface area contributed by atoms with Crippen molar-refractivity contribution in [2.24, 2.45) is 0 Å². The number of nitrogens with zero attached hydrogens (tertiary/aromatic N) is 2. The quantitative estimate of drug-likeness (QED) is 0.141. The number of rotatable bonds is 9. The molecule has 0 amide bonds. The van der Waals surface area contributed by atoms with Gasteiger partial charge >= 0.3 is 0 Å². The molecule has 0 spiro atoms. The maximum atomic E-state index is 16.3. The first-order valence-electron chi connectivity index (χ1n) is 17.1. The topological polar surface area (TPSA) is 59.9 Å². The van der Waals surface area contributed by atoms with Gasteiger partial charge in [0, 0.05) is 48.5 Å². The molecule has 1 aromatic heterocycles. The van der Waals surface area contributed by atoms with Gasteiger partial charge in [-0.3, -0.25) is 0 Å². The molecular formula is C46H34N2O2P2. The van der Waals surface area contributed by atoms with Gasteiger partial charge in [-0.2, -0.15) is 0 Å². The minimum Gasteiger partial charge on any atom is -0.309 e. The van der Waals surface area contributed by atoms with Crippen LogP contribution in [0.4, 0.5) is 0 Å². The van der Waals surface area contributed by atoms with E-state index in [0.29, 0.717) is 54.6 Å². The second kappa shape index (κ2) is 14.4. The third-order valence-electron chi connectivity index (χ3n) is 9.27. The van der Waals surface area contributed by atoms with Crippen LogP contribution in [-0.2, 0) is 9.13 Å². The van der Waals surface area contributed by atoms with Crippen molar-refractivity contribution in [2.45, 2.75) is 0 Å². The first kappa shape index (κ1) is 33.2. The molecule has 0 aliphatic rings. The highest BCUT2D eigenvalue weighted by atomic mass is 31.2. The van der Waals surface area contributed by atoms with Gasteiger partial charge in [0.1, 0.15) is 0 Å². The summed E-state index contributed by atoms with van der Waals surface area (Å²) in [5, 5.41) is 3.71. The molecule has 0 atom stereocenters. The Morgan fingerprint density at radius 2 is 0.615 bits per heavy atom. The molecular weight excluding hydrogens is 674 g/mol. The summed E-state index contributed by atoms with van der Waals surface area (Å²) in [6, 6.07) is 65.9. The van der Waals surface area contributed by atoms with Crippen molar-refractivity contribution in [2.75, 3.05) is 0 Å². The third kappa shape index (κ3) is 6.07. The summed E-state index contributed by atoms with van der Waals surface area (Å²) in [4.78, 5) is 10.5. The second-order valence-corrected chi connectivity index (χ2v) is 17.9. The Balaban J connectivity index is 1.55. The largest absolute Gasteiger partial charge is 0.309 e. The predicted molar refractivity (Wildman–Crippen MR) is 217 cm³/mol. The van der Waals surface area contributed by atoms with Crippen LogP contribution in [0, 0.1) is 0 Å². The van der Waals surface area contributed by atoms with Crippen LogP contribution < -0.4 is 31.8 Å². The highest BCUT2D eigenvalue weighted by Crippen LogP contribution is 2.50. The van der Waals surface area contributed by atoms with E-state index in [9.17, 15) is 0 Å². The van der Waals surface area contributed by atoms with Gasteiger partial charge in [-0.1, -0.05) is 200 Å². The molecule has 0 bridgehead atoms. The van der Waals surface area contributed by atoms with Crippen LogP contribution in [-0.4, -0.2) is 9.97 Å². The van der Waals surface area contributed by atoms with E-state index in [4.69, 9.17) is 9.97 Å². The van der Waals surface area contributed by atoms with E-state index in [1.54, 1.807) is 0 Å². The molecule has 0 N–H and O–H groups in total. The number of benzene rings is 7. The maximum Gasteiger partial charge on any atom is 0.171 e. The fourth-order valence-corrected chi connectivity index (χ4v) is 12.6. The Morgan fingerprint density at radius 3 is 0.923 bits per heavy atom. The van der Waals surface area contributed by atoms with E-state index >= 15 is 9.13 Å². The fraction of sp³-hybridized carbons (Fsp3) is 0. The molecule has 52 heavy (non-hydrogen) atoms. The van der Waals surface area contributed by atoms with Gasteiger partial charge in [-0.05, 0) is 6.07 Å². The molecule has 250 valence electrons. The Hall–Kier alpha value is -5.92. The van der Waals surface area contributed by atoms with Crippen molar-refractivity contribution >= 4 is 46.1 Å². The van der Waals surface area contributed by atoms with Gasteiger partial charge in [0.2, 0.25) is 0 Å². The van der Waals surface area contributed by atoms with Crippen molar-refractivity contribution in [3.63, 3.8) is 0 Å². The van der Waals surface area contributed by atoms with E-state index in [2.05, 4.69) is 0 Å². The lowest BCUT2D eigenvalue weighted by molar-refractivity contribution is 0.592. The summed E-state index contributed by atoms with van der Waals surface area (Å²) in [6.45, 7) is 0. The number of aromatic nitrogens is 2. The number of hydrogen-bond acceptors (Lipinski definition) is 4. The molecule has 0 saturated carbocycles. The van der Waals surface area contributed by atoms with Gasteiger partial charge in [-0.15, -0.1) is 0 Å². The molecule has 0 saturated heterocycles. The van der Waals surface area contributed by atoms with Gasteiger partial charge in [0.25, 0.3) is 0 Å². The molecule has 0 aliphatic carbocycles. The molecule has 1 heterocycles. The predicted octanol–water partition coefficient (Wildman–Crippen LogP) is 8.76. The standard InChI is InChI=1S/C46H34N2O2P2/c49-51(37-24-11-3-12-25-37,38-26-13-4-14-27-38)43-32-19-33-44(52(50,39-28-15-5-16-29-39)40-30-17-6-18-31-40)45(43)46-47-41(35-20-7-1-8-21-35)34-42(48-46)36-22-9-2-10-23-36/h1-34H. The zero-order chi connectivity index (χ0) is 35.4. The van der Waals surface area contributed by atoms with Crippen molar-refractivity contribution in [1.82, 2.24) is 9.97 Å². The maximum absolute atomic E-state index is 16.3. The van der Waals surface area contributed by atoms with E-state index in [-0.39, 0.29) is 0 Å². The smallest absolute Gasteiger partial charge is 0.171 e. The van der Waals surface area contributed by atoms with Crippen molar-refractivity contribution in [1.29, 1.82) is 0 Å². The van der Waals surface area contributed by atoms with Crippen molar-refractivity contribution in [3.05, 3.63) is 206 Å². The SMILES string of the molecule is O=P(c1ccccc1)(c1ccccc1)c1cccc(P(=O)(c2ccccc2)c2ccccc2)c1-c1nc(-c2ccccc2)cc(-c2ccccc2)n1. The minimum atomic E-state index is -3.63. The lowest BCUT2D eigenvalue weighted by Gasteiger charge is -2.28. The molecule has 0 fully saturated rings. The summed E-state index contributed by atoms with van der Waals surface area (Å²) >= 11 is 0. The van der Waals surface area contributed by atoms with Gasteiger partial charge < -0.3 is 9.13 Å². The Kier molecular flexibility index (Phi) is 9.18. The van der Waals surface area contributed by atoms with Crippen LogP contribution in [0.5, 0.6) is 0 Å².